The molecule has 1 aromatic heterocycles. The molecule has 0 aliphatic carbocycles. The summed E-state index contributed by atoms with van der Waals surface area (Å²) in [7, 11) is 0. The molecular weight excluding hydrogens is 392 g/mol. The van der Waals surface area contributed by atoms with Crippen molar-refractivity contribution in [2.45, 2.75) is 26.2 Å². The number of hydrogen-bond acceptors (Lipinski definition) is 3. The van der Waals surface area contributed by atoms with E-state index in [1.807, 2.05) is 54.6 Å². The Hall–Kier alpha value is -3.17. The van der Waals surface area contributed by atoms with Gasteiger partial charge in [0.2, 0.25) is 5.89 Å². The molecule has 0 aliphatic rings. The molecule has 4 aromatic rings. The summed E-state index contributed by atoms with van der Waals surface area (Å²) in [6.07, 6.45) is 5.65. The van der Waals surface area contributed by atoms with Crippen LogP contribution in [-0.4, -0.2) is 11.2 Å². The molecule has 0 saturated carbocycles. The number of halogens is 1. The van der Waals surface area contributed by atoms with Crippen LogP contribution in [0.5, 0.6) is 0 Å². The molecule has 3 nitrogen and oxygen atoms in total. The summed E-state index contributed by atoms with van der Waals surface area (Å²) >= 11 is 5.90. The number of fused-ring (bicyclic) bond motifs is 1. The molecule has 150 valence electrons. The summed E-state index contributed by atoms with van der Waals surface area (Å²) in [5.74, 6) is 0.620. The van der Waals surface area contributed by atoms with Crippen LogP contribution in [0.2, 0.25) is 5.02 Å². The van der Waals surface area contributed by atoms with E-state index in [0.29, 0.717) is 5.89 Å². The van der Waals surface area contributed by atoms with E-state index in [0.717, 1.165) is 32.9 Å². The summed E-state index contributed by atoms with van der Waals surface area (Å²) in [5.41, 5.74) is 5.81. The van der Waals surface area contributed by atoms with Gasteiger partial charge in [-0.05, 0) is 65.1 Å². The van der Waals surface area contributed by atoms with Crippen LogP contribution in [-0.2, 0) is 5.41 Å². The molecule has 0 bridgehead atoms. The van der Waals surface area contributed by atoms with Crippen molar-refractivity contribution >= 4 is 40.7 Å². The van der Waals surface area contributed by atoms with E-state index >= 15 is 0 Å². The van der Waals surface area contributed by atoms with E-state index in [4.69, 9.17) is 16.0 Å². The standard InChI is InChI=1S/C26H23ClN2O/c1-26(2,3)20-10-8-19(9-11-20)25-29-23-17-22(14-15-24(23)30-25)28-16-4-5-18-6-12-21(27)13-7-18/h4-17H,1-3H3. The van der Waals surface area contributed by atoms with Crippen molar-refractivity contribution in [2.75, 3.05) is 0 Å². The molecule has 0 saturated heterocycles. The fourth-order valence-electron chi connectivity index (χ4n) is 3.09. The summed E-state index contributed by atoms with van der Waals surface area (Å²) in [6.45, 7) is 6.61. The highest BCUT2D eigenvalue weighted by atomic mass is 35.5. The third-order valence-electron chi connectivity index (χ3n) is 4.84. The molecule has 0 aliphatic heterocycles. The molecule has 0 fully saturated rings. The SMILES string of the molecule is CC(C)(C)c1ccc(-c2nc3cc(N=CC=Cc4ccc(Cl)cc4)ccc3o2)cc1. The minimum absolute atomic E-state index is 0.120. The molecule has 0 radical (unpaired) electrons. The van der Waals surface area contributed by atoms with E-state index in [2.05, 4.69) is 55.0 Å². The van der Waals surface area contributed by atoms with Crippen molar-refractivity contribution in [3.05, 3.63) is 89.0 Å². The Morgan fingerprint density at radius 3 is 2.37 bits per heavy atom. The number of hydrogen-bond donors (Lipinski definition) is 0. The molecule has 0 atom stereocenters. The van der Waals surface area contributed by atoms with Gasteiger partial charge in [0.1, 0.15) is 5.52 Å². The predicted octanol–water partition coefficient (Wildman–Crippen LogP) is 7.86. The molecule has 4 heteroatoms. The average molecular weight is 415 g/mol. The van der Waals surface area contributed by atoms with Gasteiger partial charge in [0.05, 0.1) is 5.69 Å². The third-order valence-corrected chi connectivity index (χ3v) is 5.09. The number of benzene rings is 3. The minimum Gasteiger partial charge on any atom is -0.436 e. The van der Waals surface area contributed by atoms with E-state index < -0.39 is 0 Å². The van der Waals surface area contributed by atoms with Crippen LogP contribution in [0.3, 0.4) is 0 Å². The summed E-state index contributed by atoms with van der Waals surface area (Å²) < 4.78 is 5.94. The van der Waals surface area contributed by atoms with Crippen LogP contribution in [0.15, 0.2) is 82.2 Å². The lowest BCUT2D eigenvalue weighted by atomic mass is 9.87. The zero-order valence-corrected chi connectivity index (χ0v) is 18.0. The molecule has 3 aromatic carbocycles. The maximum Gasteiger partial charge on any atom is 0.227 e. The molecule has 30 heavy (non-hydrogen) atoms. The Morgan fingerprint density at radius 1 is 0.933 bits per heavy atom. The second-order valence-electron chi connectivity index (χ2n) is 8.19. The van der Waals surface area contributed by atoms with Gasteiger partial charge < -0.3 is 4.42 Å². The van der Waals surface area contributed by atoms with E-state index in [1.165, 1.54) is 5.56 Å². The van der Waals surface area contributed by atoms with Crippen LogP contribution >= 0.6 is 11.6 Å². The van der Waals surface area contributed by atoms with Crippen molar-refractivity contribution in [1.82, 2.24) is 4.98 Å². The van der Waals surface area contributed by atoms with Gasteiger partial charge >= 0.3 is 0 Å². The molecule has 0 amide bonds. The second-order valence-corrected chi connectivity index (χ2v) is 8.62. The van der Waals surface area contributed by atoms with Crippen LogP contribution in [0, 0.1) is 0 Å². The average Bonchev–Trinajstić information content (AvgIpc) is 3.15. The van der Waals surface area contributed by atoms with Crippen LogP contribution in [0.1, 0.15) is 31.9 Å². The van der Waals surface area contributed by atoms with Gasteiger partial charge in [-0.15, -0.1) is 0 Å². The lowest BCUT2D eigenvalue weighted by Gasteiger charge is -2.18. The number of nitrogens with zero attached hydrogens (tertiary/aromatic N) is 2. The van der Waals surface area contributed by atoms with Gasteiger partial charge in [-0.1, -0.05) is 62.7 Å². The number of aromatic nitrogens is 1. The van der Waals surface area contributed by atoms with Crippen molar-refractivity contribution in [3.8, 4) is 11.5 Å². The van der Waals surface area contributed by atoms with Crippen LogP contribution in [0.4, 0.5) is 5.69 Å². The lowest BCUT2D eigenvalue weighted by Crippen LogP contribution is -2.10. The van der Waals surface area contributed by atoms with Gasteiger partial charge in [0.15, 0.2) is 5.58 Å². The first-order valence-corrected chi connectivity index (χ1v) is 10.2. The summed E-state index contributed by atoms with van der Waals surface area (Å²) in [6, 6.07) is 21.8. The normalized spacial score (nSPS) is 12.4. The highest BCUT2D eigenvalue weighted by molar-refractivity contribution is 6.30. The quantitative estimate of drug-likeness (QED) is 0.319. The minimum atomic E-state index is 0.120. The van der Waals surface area contributed by atoms with Gasteiger partial charge in [-0.25, -0.2) is 4.98 Å². The topological polar surface area (TPSA) is 38.4 Å². The Balaban J connectivity index is 1.51. The second kappa shape index (κ2) is 8.29. The molecule has 4 rings (SSSR count). The smallest absolute Gasteiger partial charge is 0.227 e. The maximum absolute atomic E-state index is 5.94. The maximum atomic E-state index is 5.94. The fourth-order valence-corrected chi connectivity index (χ4v) is 3.22. The zero-order chi connectivity index (χ0) is 21.1. The van der Waals surface area contributed by atoms with Crippen molar-refractivity contribution < 1.29 is 4.42 Å². The first-order valence-electron chi connectivity index (χ1n) is 9.86. The van der Waals surface area contributed by atoms with Gasteiger partial charge in [0, 0.05) is 16.8 Å². The third kappa shape index (κ3) is 4.69. The molecule has 0 unspecified atom stereocenters. The van der Waals surface area contributed by atoms with Crippen molar-refractivity contribution in [2.24, 2.45) is 4.99 Å². The molecule has 1 heterocycles. The first kappa shape index (κ1) is 20.1. The molecular formula is C26H23ClN2O. The molecule has 0 N–H and O–H groups in total. The number of rotatable bonds is 4. The van der Waals surface area contributed by atoms with Crippen LogP contribution < -0.4 is 0 Å². The van der Waals surface area contributed by atoms with E-state index in [9.17, 15) is 0 Å². The van der Waals surface area contributed by atoms with Crippen molar-refractivity contribution in [3.63, 3.8) is 0 Å². The molecule has 0 spiro atoms. The Kier molecular flexibility index (Phi) is 5.56. The van der Waals surface area contributed by atoms with Crippen LogP contribution in [0.25, 0.3) is 28.6 Å². The number of allylic oxidation sites excluding steroid dienone is 1. The predicted molar refractivity (Wildman–Crippen MR) is 127 cm³/mol. The van der Waals surface area contributed by atoms with E-state index in [1.54, 1.807) is 6.21 Å². The largest absolute Gasteiger partial charge is 0.436 e. The van der Waals surface area contributed by atoms with Gasteiger partial charge in [-0.2, -0.15) is 0 Å². The Bertz CT molecular complexity index is 1210. The Labute approximate surface area is 181 Å². The Morgan fingerprint density at radius 2 is 1.67 bits per heavy atom. The van der Waals surface area contributed by atoms with Crippen molar-refractivity contribution in [1.29, 1.82) is 0 Å². The lowest BCUT2D eigenvalue weighted by molar-refractivity contribution is 0.589. The highest BCUT2D eigenvalue weighted by Gasteiger charge is 2.14. The number of oxazole rings is 1. The zero-order valence-electron chi connectivity index (χ0n) is 17.3. The van der Waals surface area contributed by atoms with Gasteiger partial charge in [0.25, 0.3) is 0 Å². The number of aliphatic imine (C=N–C) groups is 1. The highest BCUT2D eigenvalue weighted by Crippen LogP contribution is 2.29. The monoisotopic (exact) mass is 414 g/mol. The van der Waals surface area contributed by atoms with Gasteiger partial charge in [-0.3, -0.25) is 4.99 Å². The fraction of sp³-hybridized carbons (Fsp3) is 0.154. The summed E-state index contributed by atoms with van der Waals surface area (Å²) in [5, 5.41) is 0.728. The summed E-state index contributed by atoms with van der Waals surface area (Å²) in [4.78, 5) is 9.14. The van der Waals surface area contributed by atoms with E-state index in [-0.39, 0.29) is 5.41 Å². The first-order chi connectivity index (χ1) is 14.4.